The first kappa shape index (κ1) is 18.5. The topological polar surface area (TPSA) is 61.8 Å². The number of aromatic nitrogens is 1. The van der Waals surface area contributed by atoms with Gasteiger partial charge in [0.15, 0.2) is 5.96 Å². The number of methoxy groups -OCH3 is 1. The van der Waals surface area contributed by atoms with E-state index in [1.54, 1.807) is 20.4 Å². The van der Waals surface area contributed by atoms with E-state index in [-0.39, 0.29) is 0 Å². The Bertz CT molecular complexity index is 520. The maximum Gasteiger partial charge on any atom is 0.218 e. The average Bonchev–Trinajstić information content (AvgIpc) is 2.65. The van der Waals surface area contributed by atoms with Gasteiger partial charge in [-0.1, -0.05) is 19.4 Å². The summed E-state index contributed by atoms with van der Waals surface area (Å²) in [5.41, 5.74) is 1.02. The predicted molar refractivity (Wildman–Crippen MR) is 98.5 cm³/mol. The molecule has 6 heteroatoms. The lowest BCUT2D eigenvalue weighted by molar-refractivity contribution is 0.147. The fraction of sp³-hybridized carbons (Fsp3) is 0.667. The minimum Gasteiger partial charge on any atom is -0.481 e. The third-order valence-corrected chi connectivity index (χ3v) is 4.62. The number of piperidine rings is 1. The van der Waals surface area contributed by atoms with Crippen molar-refractivity contribution in [3.8, 4) is 5.88 Å². The Balaban J connectivity index is 1.76. The maximum atomic E-state index is 5.28. The standard InChI is InChI=1S/C18H31N5O/c1-4-16-9-5-6-12-23(16)13-11-21-18(19-2)22-14-15-8-7-10-20-17(15)24-3/h7-8,10,16H,4-6,9,11-14H2,1-3H3,(H2,19,21,22). The lowest BCUT2D eigenvalue weighted by Crippen LogP contribution is -2.45. The molecule has 1 atom stereocenters. The largest absolute Gasteiger partial charge is 0.481 e. The Kier molecular flexibility index (Phi) is 7.82. The van der Waals surface area contributed by atoms with Crippen molar-refractivity contribution in [1.82, 2.24) is 20.5 Å². The van der Waals surface area contributed by atoms with Crippen LogP contribution in [0.2, 0.25) is 0 Å². The molecule has 0 bridgehead atoms. The minimum absolute atomic E-state index is 0.637. The quantitative estimate of drug-likeness (QED) is 0.590. The molecule has 1 aliphatic rings. The van der Waals surface area contributed by atoms with E-state index in [2.05, 4.69) is 32.4 Å². The molecule has 0 aliphatic carbocycles. The molecule has 0 saturated carbocycles. The molecule has 0 aromatic carbocycles. The molecule has 1 aromatic heterocycles. The third kappa shape index (κ3) is 5.37. The molecule has 2 rings (SSSR count). The van der Waals surface area contributed by atoms with Crippen molar-refractivity contribution in [2.24, 2.45) is 4.99 Å². The van der Waals surface area contributed by atoms with Gasteiger partial charge in [-0.25, -0.2) is 4.98 Å². The summed E-state index contributed by atoms with van der Waals surface area (Å²) in [6, 6.07) is 4.66. The van der Waals surface area contributed by atoms with Crippen LogP contribution >= 0.6 is 0 Å². The predicted octanol–water partition coefficient (Wildman–Crippen LogP) is 2.02. The van der Waals surface area contributed by atoms with Crippen LogP contribution in [0.4, 0.5) is 0 Å². The first-order valence-electron chi connectivity index (χ1n) is 8.95. The van der Waals surface area contributed by atoms with E-state index in [4.69, 9.17) is 4.74 Å². The zero-order valence-electron chi connectivity index (χ0n) is 15.2. The van der Waals surface area contributed by atoms with Gasteiger partial charge in [-0.2, -0.15) is 0 Å². The lowest BCUT2D eigenvalue weighted by Gasteiger charge is -2.35. The molecule has 1 unspecified atom stereocenters. The smallest absolute Gasteiger partial charge is 0.218 e. The first-order valence-corrected chi connectivity index (χ1v) is 8.95. The number of likely N-dealkylation sites (tertiary alicyclic amines) is 1. The van der Waals surface area contributed by atoms with Crippen molar-refractivity contribution in [3.05, 3.63) is 23.9 Å². The van der Waals surface area contributed by atoms with E-state index in [1.165, 1.54) is 32.2 Å². The molecule has 6 nitrogen and oxygen atoms in total. The van der Waals surface area contributed by atoms with Crippen LogP contribution in [-0.4, -0.2) is 55.7 Å². The zero-order valence-corrected chi connectivity index (χ0v) is 15.2. The molecule has 0 radical (unpaired) electrons. The molecule has 2 heterocycles. The van der Waals surface area contributed by atoms with Crippen molar-refractivity contribution in [1.29, 1.82) is 0 Å². The number of aliphatic imine (C=N–C) groups is 1. The van der Waals surface area contributed by atoms with Gasteiger partial charge in [0.2, 0.25) is 5.88 Å². The molecular formula is C18H31N5O. The van der Waals surface area contributed by atoms with Crippen LogP contribution in [0.3, 0.4) is 0 Å². The van der Waals surface area contributed by atoms with Gasteiger partial charge in [0.25, 0.3) is 0 Å². The Labute approximate surface area is 145 Å². The highest BCUT2D eigenvalue weighted by Crippen LogP contribution is 2.18. The number of hydrogen-bond acceptors (Lipinski definition) is 4. The molecule has 1 fully saturated rings. The summed E-state index contributed by atoms with van der Waals surface area (Å²) in [5.74, 6) is 1.46. The van der Waals surface area contributed by atoms with E-state index < -0.39 is 0 Å². The number of pyridine rings is 1. The maximum absolute atomic E-state index is 5.28. The van der Waals surface area contributed by atoms with E-state index in [0.29, 0.717) is 12.4 Å². The van der Waals surface area contributed by atoms with E-state index in [0.717, 1.165) is 30.7 Å². The molecule has 0 spiro atoms. The molecule has 2 N–H and O–H groups in total. The zero-order chi connectivity index (χ0) is 17.2. The average molecular weight is 333 g/mol. The van der Waals surface area contributed by atoms with Crippen molar-refractivity contribution >= 4 is 5.96 Å². The monoisotopic (exact) mass is 333 g/mol. The van der Waals surface area contributed by atoms with Gasteiger partial charge in [-0.3, -0.25) is 9.89 Å². The van der Waals surface area contributed by atoms with E-state index >= 15 is 0 Å². The Morgan fingerprint density at radius 1 is 1.42 bits per heavy atom. The molecule has 1 aliphatic heterocycles. The normalized spacial score (nSPS) is 19.1. The van der Waals surface area contributed by atoms with E-state index in [1.807, 2.05) is 12.1 Å². The van der Waals surface area contributed by atoms with Gasteiger partial charge >= 0.3 is 0 Å². The fourth-order valence-corrected chi connectivity index (χ4v) is 3.28. The fourth-order valence-electron chi connectivity index (χ4n) is 3.28. The highest BCUT2D eigenvalue weighted by atomic mass is 16.5. The van der Waals surface area contributed by atoms with Crippen LogP contribution in [0.15, 0.2) is 23.3 Å². The summed E-state index contributed by atoms with van der Waals surface area (Å²) in [6.45, 7) is 6.12. The second-order valence-corrected chi connectivity index (χ2v) is 6.12. The minimum atomic E-state index is 0.637. The SMILES string of the molecule is CCC1CCCCN1CCNC(=NC)NCc1cccnc1OC. The Morgan fingerprint density at radius 2 is 2.29 bits per heavy atom. The highest BCUT2D eigenvalue weighted by Gasteiger charge is 2.19. The van der Waals surface area contributed by atoms with Gasteiger partial charge in [-0.05, 0) is 31.9 Å². The second-order valence-electron chi connectivity index (χ2n) is 6.12. The first-order chi connectivity index (χ1) is 11.8. The van der Waals surface area contributed by atoms with Gasteiger partial charge in [-0.15, -0.1) is 0 Å². The highest BCUT2D eigenvalue weighted by molar-refractivity contribution is 5.79. The molecular weight excluding hydrogens is 302 g/mol. The number of nitrogens with zero attached hydrogens (tertiary/aromatic N) is 3. The Hall–Kier alpha value is -1.82. The molecule has 24 heavy (non-hydrogen) atoms. The summed E-state index contributed by atoms with van der Waals surface area (Å²) in [5, 5.41) is 6.73. The van der Waals surface area contributed by atoms with Gasteiger partial charge in [0, 0.05) is 44.5 Å². The summed E-state index contributed by atoms with van der Waals surface area (Å²) in [4.78, 5) is 11.1. The molecule has 1 saturated heterocycles. The van der Waals surface area contributed by atoms with Crippen molar-refractivity contribution in [2.45, 2.75) is 45.2 Å². The van der Waals surface area contributed by atoms with Crippen LogP contribution in [0, 0.1) is 0 Å². The Morgan fingerprint density at radius 3 is 3.04 bits per heavy atom. The van der Waals surface area contributed by atoms with Crippen LogP contribution in [-0.2, 0) is 6.54 Å². The summed E-state index contributed by atoms with van der Waals surface area (Å²) >= 11 is 0. The summed E-state index contributed by atoms with van der Waals surface area (Å²) < 4.78 is 5.28. The van der Waals surface area contributed by atoms with Gasteiger partial charge < -0.3 is 15.4 Å². The molecule has 0 amide bonds. The van der Waals surface area contributed by atoms with Crippen LogP contribution in [0.25, 0.3) is 0 Å². The number of hydrogen-bond donors (Lipinski definition) is 2. The second kappa shape index (κ2) is 10.1. The van der Waals surface area contributed by atoms with Gasteiger partial charge in [0.05, 0.1) is 7.11 Å². The van der Waals surface area contributed by atoms with Crippen LogP contribution < -0.4 is 15.4 Å². The number of rotatable bonds is 7. The van der Waals surface area contributed by atoms with Crippen LogP contribution in [0.1, 0.15) is 38.2 Å². The molecule has 1 aromatic rings. The number of ether oxygens (including phenoxy) is 1. The third-order valence-electron chi connectivity index (χ3n) is 4.62. The van der Waals surface area contributed by atoms with Crippen molar-refractivity contribution in [3.63, 3.8) is 0 Å². The number of guanidine groups is 1. The lowest BCUT2D eigenvalue weighted by atomic mass is 10.0. The molecule has 134 valence electrons. The van der Waals surface area contributed by atoms with Crippen molar-refractivity contribution in [2.75, 3.05) is 33.8 Å². The van der Waals surface area contributed by atoms with Gasteiger partial charge in [0.1, 0.15) is 0 Å². The number of nitrogens with one attached hydrogen (secondary N) is 2. The summed E-state index contributed by atoms with van der Waals surface area (Å²) in [6.07, 6.45) is 7.01. The van der Waals surface area contributed by atoms with Crippen molar-refractivity contribution < 1.29 is 4.74 Å². The summed E-state index contributed by atoms with van der Waals surface area (Å²) in [7, 11) is 3.44. The van der Waals surface area contributed by atoms with E-state index in [9.17, 15) is 0 Å². The van der Waals surface area contributed by atoms with Crippen LogP contribution in [0.5, 0.6) is 5.88 Å².